The highest BCUT2D eigenvalue weighted by atomic mass is 19.1. The zero-order valence-electron chi connectivity index (χ0n) is 10.0. The van der Waals surface area contributed by atoms with Crippen LogP contribution in [0.3, 0.4) is 0 Å². The van der Waals surface area contributed by atoms with E-state index in [1.165, 1.54) is 12.1 Å². The van der Waals surface area contributed by atoms with Crippen LogP contribution in [0.4, 0.5) is 15.8 Å². The Hall–Kier alpha value is -1.69. The van der Waals surface area contributed by atoms with E-state index in [1.54, 1.807) is 0 Å². The van der Waals surface area contributed by atoms with Crippen molar-refractivity contribution in [3.8, 4) is 0 Å². The summed E-state index contributed by atoms with van der Waals surface area (Å²) >= 11 is 0. The van der Waals surface area contributed by atoms with E-state index in [2.05, 4.69) is 0 Å². The molecule has 0 aliphatic carbocycles. The van der Waals surface area contributed by atoms with E-state index in [1.807, 2.05) is 4.90 Å². The van der Waals surface area contributed by atoms with Gasteiger partial charge in [-0.2, -0.15) is 0 Å². The average Bonchev–Trinajstić information content (AvgIpc) is 2.38. The number of nitro benzene ring substituents is 1. The molecule has 0 spiro atoms. The highest BCUT2D eigenvalue weighted by molar-refractivity contribution is 5.63. The summed E-state index contributed by atoms with van der Waals surface area (Å²) in [6.07, 6.45) is 2.00. The molecular formula is C12H16FN3O2. The molecule has 1 unspecified atom stereocenters. The largest absolute Gasteiger partial charge is 0.366 e. The van der Waals surface area contributed by atoms with Crippen LogP contribution in [-0.4, -0.2) is 24.6 Å². The Balaban J connectivity index is 2.29. The molecule has 2 N–H and O–H groups in total. The third kappa shape index (κ3) is 2.59. The summed E-state index contributed by atoms with van der Waals surface area (Å²) in [6, 6.07) is 3.71. The molecule has 6 heteroatoms. The molecule has 2 rings (SSSR count). The van der Waals surface area contributed by atoms with Gasteiger partial charge in [-0.1, -0.05) is 0 Å². The number of halogens is 1. The molecule has 18 heavy (non-hydrogen) atoms. The van der Waals surface area contributed by atoms with E-state index in [9.17, 15) is 14.5 Å². The van der Waals surface area contributed by atoms with Gasteiger partial charge in [-0.15, -0.1) is 0 Å². The van der Waals surface area contributed by atoms with Crippen molar-refractivity contribution in [2.24, 2.45) is 11.7 Å². The number of hydrogen-bond acceptors (Lipinski definition) is 4. The van der Waals surface area contributed by atoms with Gasteiger partial charge in [0.25, 0.3) is 5.69 Å². The first-order chi connectivity index (χ1) is 8.61. The van der Waals surface area contributed by atoms with E-state index in [0.717, 1.165) is 25.5 Å². The van der Waals surface area contributed by atoms with Crippen molar-refractivity contribution in [1.29, 1.82) is 0 Å². The average molecular weight is 253 g/mol. The summed E-state index contributed by atoms with van der Waals surface area (Å²) in [6.45, 7) is 2.03. The predicted octanol–water partition coefficient (Wildman–Crippen LogP) is 1.91. The number of nitrogens with zero attached hydrogens (tertiary/aromatic N) is 2. The first-order valence-corrected chi connectivity index (χ1v) is 6.00. The molecule has 0 radical (unpaired) electrons. The summed E-state index contributed by atoms with van der Waals surface area (Å²) in [5.74, 6) is -0.235. The number of hydrogen-bond donors (Lipinski definition) is 1. The van der Waals surface area contributed by atoms with Gasteiger partial charge in [0.15, 0.2) is 0 Å². The first kappa shape index (κ1) is 12.8. The number of anilines is 1. The van der Waals surface area contributed by atoms with Crippen molar-refractivity contribution in [2.75, 3.05) is 24.5 Å². The molecule has 1 heterocycles. The SMILES string of the molecule is NCC1CCCN(c2ccc(F)cc2[N+](=O)[O-])C1. The van der Waals surface area contributed by atoms with Gasteiger partial charge in [0.05, 0.1) is 11.0 Å². The van der Waals surface area contributed by atoms with E-state index in [4.69, 9.17) is 5.73 Å². The second kappa shape index (κ2) is 5.30. The van der Waals surface area contributed by atoms with Crippen LogP contribution in [0.5, 0.6) is 0 Å². The lowest BCUT2D eigenvalue weighted by Crippen LogP contribution is -2.38. The van der Waals surface area contributed by atoms with Gasteiger partial charge in [-0.05, 0) is 37.4 Å². The van der Waals surface area contributed by atoms with Crippen LogP contribution in [0.1, 0.15) is 12.8 Å². The fourth-order valence-electron chi connectivity index (χ4n) is 2.39. The van der Waals surface area contributed by atoms with Crippen LogP contribution in [0.25, 0.3) is 0 Å². The Morgan fingerprint density at radius 3 is 3.00 bits per heavy atom. The summed E-state index contributed by atoms with van der Waals surface area (Å²) < 4.78 is 13.1. The number of rotatable bonds is 3. The second-order valence-electron chi connectivity index (χ2n) is 4.58. The van der Waals surface area contributed by atoms with Crippen LogP contribution in [0.15, 0.2) is 18.2 Å². The topological polar surface area (TPSA) is 72.4 Å². The molecular weight excluding hydrogens is 237 g/mol. The minimum absolute atomic E-state index is 0.173. The van der Waals surface area contributed by atoms with Gasteiger partial charge in [0, 0.05) is 13.1 Å². The maximum Gasteiger partial charge on any atom is 0.295 e. The molecule has 1 aromatic rings. The molecule has 1 saturated heterocycles. The summed E-state index contributed by atoms with van der Waals surface area (Å²) in [4.78, 5) is 12.3. The fraction of sp³-hybridized carbons (Fsp3) is 0.500. The third-order valence-corrected chi connectivity index (χ3v) is 3.33. The number of benzene rings is 1. The normalized spacial score (nSPS) is 19.9. The van der Waals surface area contributed by atoms with Crippen molar-refractivity contribution in [3.63, 3.8) is 0 Å². The second-order valence-corrected chi connectivity index (χ2v) is 4.58. The number of nitro groups is 1. The van der Waals surface area contributed by atoms with Gasteiger partial charge in [-0.25, -0.2) is 4.39 Å². The Morgan fingerprint density at radius 1 is 1.56 bits per heavy atom. The van der Waals surface area contributed by atoms with Gasteiger partial charge >= 0.3 is 0 Å². The smallest absolute Gasteiger partial charge is 0.295 e. The molecule has 1 aromatic carbocycles. The van der Waals surface area contributed by atoms with Crippen molar-refractivity contribution in [3.05, 3.63) is 34.1 Å². The number of nitrogens with two attached hydrogens (primary N) is 1. The van der Waals surface area contributed by atoms with E-state index >= 15 is 0 Å². The molecule has 98 valence electrons. The van der Waals surface area contributed by atoms with Gasteiger partial charge in [0.1, 0.15) is 11.5 Å². The summed E-state index contributed by atoms with van der Waals surface area (Å²) in [5, 5.41) is 11.0. The monoisotopic (exact) mass is 253 g/mol. The molecule has 0 saturated carbocycles. The fourth-order valence-corrected chi connectivity index (χ4v) is 2.39. The highest BCUT2D eigenvalue weighted by Gasteiger charge is 2.25. The standard InChI is InChI=1S/C12H16FN3O2/c13-10-3-4-11(12(6-10)16(17)18)15-5-1-2-9(7-14)8-15/h3-4,6,9H,1-2,5,7-8,14H2. The summed E-state index contributed by atoms with van der Waals surface area (Å²) in [7, 11) is 0. The molecule has 0 aromatic heterocycles. The molecule has 1 fully saturated rings. The van der Waals surface area contributed by atoms with Crippen LogP contribution < -0.4 is 10.6 Å². The van der Waals surface area contributed by atoms with Gasteiger partial charge < -0.3 is 10.6 Å². The van der Waals surface area contributed by atoms with E-state index in [0.29, 0.717) is 24.7 Å². The van der Waals surface area contributed by atoms with Crippen LogP contribution in [-0.2, 0) is 0 Å². The zero-order chi connectivity index (χ0) is 13.1. The van der Waals surface area contributed by atoms with E-state index < -0.39 is 10.7 Å². The highest BCUT2D eigenvalue weighted by Crippen LogP contribution is 2.31. The lowest BCUT2D eigenvalue weighted by atomic mass is 9.97. The summed E-state index contributed by atoms with van der Waals surface area (Å²) in [5.41, 5.74) is 5.96. The lowest BCUT2D eigenvalue weighted by Gasteiger charge is -2.33. The van der Waals surface area contributed by atoms with Crippen molar-refractivity contribution in [1.82, 2.24) is 0 Å². The molecule has 1 atom stereocenters. The molecule has 0 amide bonds. The Kier molecular flexibility index (Phi) is 3.76. The lowest BCUT2D eigenvalue weighted by molar-refractivity contribution is -0.384. The zero-order valence-corrected chi connectivity index (χ0v) is 10.0. The quantitative estimate of drug-likeness (QED) is 0.659. The van der Waals surface area contributed by atoms with Gasteiger partial charge in [0.2, 0.25) is 0 Å². The van der Waals surface area contributed by atoms with Crippen LogP contribution >= 0.6 is 0 Å². The minimum Gasteiger partial charge on any atom is -0.366 e. The van der Waals surface area contributed by atoms with Crippen molar-refractivity contribution < 1.29 is 9.31 Å². The number of piperidine rings is 1. The molecule has 5 nitrogen and oxygen atoms in total. The predicted molar refractivity (Wildman–Crippen MR) is 67.0 cm³/mol. The Morgan fingerprint density at radius 2 is 2.33 bits per heavy atom. The van der Waals surface area contributed by atoms with E-state index in [-0.39, 0.29) is 5.69 Å². The van der Waals surface area contributed by atoms with Gasteiger partial charge in [-0.3, -0.25) is 10.1 Å². The molecule has 0 bridgehead atoms. The third-order valence-electron chi connectivity index (χ3n) is 3.33. The van der Waals surface area contributed by atoms with Crippen LogP contribution in [0, 0.1) is 21.8 Å². The minimum atomic E-state index is -0.585. The maximum absolute atomic E-state index is 13.1. The molecule has 1 aliphatic rings. The Bertz CT molecular complexity index is 453. The maximum atomic E-state index is 13.1. The van der Waals surface area contributed by atoms with Crippen molar-refractivity contribution in [2.45, 2.75) is 12.8 Å². The van der Waals surface area contributed by atoms with Crippen molar-refractivity contribution >= 4 is 11.4 Å². The Labute approximate surface area is 105 Å². The van der Waals surface area contributed by atoms with Crippen LogP contribution in [0.2, 0.25) is 0 Å². The first-order valence-electron chi connectivity index (χ1n) is 6.00. The molecule has 1 aliphatic heterocycles.